The summed E-state index contributed by atoms with van der Waals surface area (Å²) in [5.41, 5.74) is 1.37. The summed E-state index contributed by atoms with van der Waals surface area (Å²) in [6.45, 7) is 0. The first kappa shape index (κ1) is 12.5. The van der Waals surface area contributed by atoms with E-state index in [2.05, 4.69) is 12.2 Å². The van der Waals surface area contributed by atoms with Crippen molar-refractivity contribution in [3.8, 4) is 11.3 Å². The molecule has 70 valence electrons. The predicted octanol–water partition coefficient (Wildman–Crippen LogP) is -1.01. The Hall–Kier alpha value is -0.610. The molecule has 0 saturated heterocycles. The number of furan rings is 1. The van der Waals surface area contributed by atoms with E-state index < -0.39 is 5.05 Å². The number of thiocarbonyl (C=S) groups is 1. The van der Waals surface area contributed by atoms with Gasteiger partial charge in [-0.25, -0.2) is 0 Å². The summed E-state index contributed by atoms with van der Waals surface area (Å²) < 4.78 is 5.22. The van der Waals surface area contributed by atoms with Gasteiger partial charge in [0.2, 0.25) is 0 Å². The van der Waals surface area contributed by atoms with Gasteiger partial charge < -0.3 is 9.52 Å². The summed E-state index contributed by atoms with van der Waals surface area (Å²) in [5, 5.41) is 10.5. The van der Waals surface area contributed by atoms with Crippen LogP contribution in [0.25, 0.3) is 11.3 Å². The molecule has 0 aliphatic heterocycles. The smallest absolute Gasteiger partial charge is 0.864 e. The van der Waals surface area contributed by atoms with E-state index in [1.54, 1.807) is 6.07 Å². The van der Waals surface area contributed by atoms with E-state index in [4.69, 9.17) is 4.42 Å². The molecule has 4 heteroatoms. The monoisotopic (exact) mass is 226 g/mol. The van der Waals surface area contributed by atoms with Crippen LogP contribution >= 0.6 is 12.2 Å². The van der Waals surface area contributed by atoms with Crippen molar-refractivity contribution >= 4 is 17.3 Å². The fourth-order valence-electron chi connectivity index (χ4n) is 1.20. The summed E-state index contributed by atoms with van der Waals surface area (Å²) >= 11 is 4.51. The fourth-order valence-corrected chi connectivity index (χ4v) is 1.30. The maximum atomic E-state index is 10.8. The van der Waals surface area contributed by atoms with Crippen molar-refractivity contribution in [1.82, 2.24) is 0 Å². The molecule has 0 amide bonds. The van der Waals surface area contributed by atoms with Crippen molar-refractivity contribution in [1.29, 1.82) is 0 Å². The number of hydrogen-bond donors (Lipinski definition) is 0. The summed E-state index contributed by atoms with van der Waals surface area (Å²) in [6, 6.07) is 11.2. The maximum Gasteiger partial charge on any atom is 1.00 e. The van der Waals surface area contributed by atoms with Crippen LogP contribution in [0.5, 0.6) is 0 Å². The Kier molecular flexibility index (Phi) is 4.54. The normalized spacial score (nSPS) is 9.33. The van der Waals surface area contributed by atoms with E-state index in [-0.39, 0.29) is 29.6 Å². The Balaban J connectivity index is 0.00000112. The fraction of sp³-hybridized carbons (Fsp3) is 0. The third-order valence-corrected chi connectivity index (χ3v) is 2.13. The van der Waals surface area contributed by atoms with Gasteiger partial charge in [0.05, 0.1) is 6.26 Å². The van der Waals surface area contributed by atoms with Gasteiger partial charge in [-0.15, -0.1) is 0 Å². The second-order valence-corrected chi connectivity index (χ2v) is 3.22. The third kappa shape index (κ3) is 2.92. The zero-order chi connectivity index (χ0) is 9.97. The van der Waals surface area contributed by atoms with E-state index in [0.29, 0.717) is 11.3 Å². The minimum Gasteiger partial charge on any atom is -0.864 e. The quantitative estimate of drug-likeness (QED) is 0.486. The van der Waals surface area contributed by atoms with Crippen LogP contribution in [0.3, 0.4) is 0 Å². The summed E-state index contributed by atoms with van der Waals surface area (Å²) in [4.78, 5) is 0. The Morgan fingerprint density at radius 2 is 1.87 bits per heavy atom. The Bertz CT molecular complexity index is 451. The average molecular weight is 226 g/mol. The van der Waals surface area contributed by atoms with Gasteiger partial charge >= 0.3 is 29.6 Å². The standard InChI is InChI=1S/C11H8O2S.Na/c12-11(14)9-6-10(13-7-9)8-4-2-1-3-5-8;/h1-7H,(H,12,14);/q;+1/p-1. The molecule has 2 rings (SSSR count). The van der Waals surface area contributed by atoms with Crippen LogP contribution in [-0.2, 0) is 0 Å². The van der Waals surface area contributed by atoms with Crippen LogP contribution in [0.15, 0.2) is 47.1 Å². The minimum absolute atomic E-state index is 0. The van der Waals surface area contributed by atoms with E-state index in [1.165, 1.54) is 6.26 Å². The first-order valence-electron chi connectivity index (χ1n) is 4.12. The van der Waals surface area contributed by atoms with Crippen molar-refractivity contribution in [3.05, 3.63) is 48.2 Å². The van der Waals surface area contributed by atoms with Gasteiger partial charge in [0.15, 0.2) is 0 Å². The predicted molar refractivity (Wildman–Crippen MR) is 55.8 cm³/mol. The molecule has 0 atom stereocenters. The van der Waals surface area contributed by atoms with Crippen molar-refractivity contribution in [2.45, 2.75) is 0 Å². The summed E-state index contributed by atoms with van der Waals surface area (Å²) in [6.07, 6.45) is 1.39. The molecule has 0 spiro atoms. The zero-order valence-electron chi connectivity index (χ0n) is 8.27. The number of rotatable bonds is 2. The van der Waals surface area contributed by atoms with Gasteiger partial charge in [-0.3, -0.25) is 0 Å². The molecule has 0 radical (unpaired) electrons. The van der Waals surface area contributed by atoms with Crippen molar-refractivity contribution in [2.75, 3.05) is 0 Å². The summed E-state index contributed by atoms with van der Waals surface area (Å²) in [5.74, 6) is 0.666. The van der Waals surface area contributed by atoms with E-state index in [0.717, 1.165) is 5.56 Å². The van der Waals surface area contributed by atoms with Crippen LogP contribution in [0, 0.1) is 0 Å². The van der Waals surface area contributed by atoms with Gasteiger partial charge in [-0.05, 0) is 11.1 Å². The molecule has 0 aliphatic carbocycles. The summed E-state index contributed by atoms with van der Waals surface area (Å²) in [7, 11) is 0. The van der Waals surface area contributed by atoms with Gasteiger partial charge in [0.1, 0.15) is 5.76 Å². The molecule has 0 saturated carbocycles. The molecule has 1 aromatic carbocycles. The van der Waals surface area contributed by atoms with Crippen LogP contribution in [-0.4, -0.2) is 5.05 Å². The molecule has 2 nitrogen and oxygen atoms in total. The zero-order valence-corrected chi connectivity index (χ0v) is 11.1. The van der Waals surface area contributed by atoms with Crippen molar-refractivity contribution < 1.29 is 39.1 Å². The van der Waals surface area contributed by atoms with Crippen molar-refractivity contribution in [2.24, 2.45) is 0 Å². The minimum atomic E-state index is -0.393. The van der Waals surface area contributed by atoms with Crippen LogP contribution in [0.4, 0.5) is 0 Å². The van der Waals surface area contributed by atoms with E-state index >= 15 is 0 Å². The van der Waals surface area contributed by atoms with Gasteiger partial charge in [-0.2, -0.15) is 0 Å². The van der Waals surface area contributed by atoms with Gasteiger partial charge in [0, 0.05) is 11.1 Å². The van der Waals surface area contributed by atoms with Crippen LogP contribution in [0.2, 0.25) is 0 Å². The van der Waals surface area contributed by atoms with Crippen molar-refractivity contribution in [3.63, 3.8) is 0 Å². The number of benzene rings is 1. The topological polar surface area (TPSA) is 36.2 Å². The van der Waals surface area contributed by atoms with Gasteiger partial charge in [-0.1, -0.05) is 42.5 Å². The first-order chi connectivity index (χ1) is 6.77. The molecule has 0 bridgehead atoms. The number of hydrogen-bond acceptors (Lipinski definition) is 3. The SMILES string of the molecule is [Na+].[O-]C(=S)c1coc(-c2ccccc2)c1. The molecule has 0 unspecified atom stereocenters. The van der Waals surface area contributed by atoms with E-state index in [9.17, 15) is 5.11 Å². The third-order valence-electron chi connectivity index (χ3n) is 1.89. The molecule has 0 fully saturated rings. The van der Waals surface area contributed by atoms with E-state index in [1.807, 2.05) is 30.3 Å². The molecule has 15 heavy (non-hydrogen) atoms. The Morgan fingerprint density at radius 1 is 1.20 bits per heavy atom. The van der Waals surface area contributed by atoms with Crippen LogP contribution in [0.1, 0.15) is 5.56 Å². The Labute approximate surface area is 115 Å². The second-order valence-electron chi connectivity index (χ2n) is 2.85. The molecule has 2 aromatic rings. The molecule has 0 aliphatic rings. The molecule has 1 aromatic heterocycles. The second kappa shape index (κ2) is 5.47. The molecule has 0 N–H and O–H groups in total. The van der Waals surface area contributed by atoms with Gasteiger partial charge in [0.25, 0.3) is 0 Å². The average Bonchev–Trinajstić information content (AvgIpc) is 2.68. The molecular weight excluding hydrogens is 219 g/mol. The maximum absolute atomic E-state index is 10.8. The molecule has 1 heterocycles. The first-order valence-corrected chi connectivity index (χ1v) is 4.53. The Morgan fingerprint density at radius 3 is 2.40 bits per heavy atom. The molecular formula is C11H7NaO2S. The van der Waals surface area contributed by atoms with Crippen LogP contribution < -0.4 is 34.7 Å². The largest absolute Gasteiger partial charge is 1.00 e.